The van der Waals surface area contributed by atoms with Crippen LogP contribution in [-0.4, -0.2) is 36.2 Å². The van der Waals surface area contributed by atoms with Crippen molar-refractivity contribution in [3.8, 4) is 0 Å². The Morgan fingerprint density at radius 2 is 2.09 bits per heavy atom. The average Bonchev–Trinajstić information content (AvgIpc) is 2.56. The third-order valence-corrected chi connectivity index (χ3v) is 4.05. The van der Waals surface area contributed by atoms with Crippen molar-refractivity contribution in [2.24, 2.45) is 0 Å². The van der Waals surface area contributed by atoms with E-state index in [2.05, 4.69) is 50.5 Å². The molecule has 1 N–H and O–H groups in total. The monoisotopic (exact) mass is 312 g/mol. The molecule has 23 heavy (non-hydrogen) atoms. The van der Waals surface area contributed by atoms with Gasteiger partial charge in [-0.05, 0) is 31.9 Å². The van der Waals surface area contributed by atoms with E-state index in [0.717, 1.165) is 36.8 Å². The van der Waals surface area contributed by atoms with Gasteiger partial charge in [0, 0.05) is 43.7 Å². The Hall–Kier alpha value is -2.14. The highest BCUT2D eigenvalue weighted by atomic mass is 16.5. The number of anilines is 2. The molecule has 1 saturated heterocycles. The lowest BCUT2D eigenvalue weighted by molar-refractivity contribution is 0.177. The van der Waals surface area contributed by atoms with Gasteiger partial charge >= 0.3 is 0 Å². The number of aromatic nitrogens is 2. The van der Waals surface area contributed by atoms with Gasteiger partial charge in [-0.15, -0.1) is 0 Å². The Balaban J connectivity index is 1.71. The summed E-state index contributed by atoms with van der Waals surface area (Å²) in [4.78, 5) is 11.4. The molecular formula is C18H24N4O. The second-order valence-corrected chi connectivity index (χ2v) is 6.01. The highest BCUT2D eigenvalue weighted by Crippen LogP contribution is 2.21. The van der Waals surface area contributed by atoms with Crippen molar-refractivity contribution in [2.45, 2.75) is 32.4 Å². The molecule has 0 unspecified atom stereocenters. The number of aryl methyl sites for hydroxylation is 1. The van der Waals surface area contributed by atoms with Gasteiger partial charge in [-0.1, -0.05) is 18.2 Å². The SMILES string of the molecule is COCc1nc(C)cc(N2CCC[C@@H](Nc3ccccc3)C2)n1. The molecule has 1 aliphatic heterocycles. The van der Waals surface area contributed by atoms with Crippen LogP contribution in [0.3, 0.4) is 0 Å². The summed E-state index contributed by atoms with van der Waals surface area (Å²) >= 11 is 0. The van der Waals surface area contributed by atoms with Crippen LogP contribution in [0.4, 0.5) is 11.5 Å². The van der Waals surface area contributed by atoms with Gasteiger partial charge in [-0.3, -0.25) is 0 Å². The number of ether oxygens (including phenoxy) is 1. The minimum Gasteiger partial charge on any atom is -0.381 e. The lowest BCUT2D eigenvalue weighted by atomic mass is 10.1. The summed E-state index contributed by atoms with van der Waals surface area (Å²) in [6, 6.07) is 12.9. The number of benzene rings is 1. The minimum atomic E-state index is 0.437. The fraction of sp³-hybridized carbons (Fsp3) is 0.444. The van der Waals surface area contributed by atoms with Crippen LogP contribution in [0, 0.1) is 6.92 Å². The van der Waals surface area contributed by atoms with Crippen LogP contribution in [0.5, 0.6) is 0 Å². The van der Waals surface area contributed by atoms with Crippen molar-refractivity contribution in [1.82, 2.24) is 9.97 Å². The standard InChI is InChI=1S/C18H24N4O/c1-14-11-18(21-17(19-14)13-23-2)22-10-6-9-16(12-22)20-15-7-4-3-5-8-15/h3-5,7-8,11,16,20H,6,9-10,12-13H2,1-2H3/t16-/m1/s1. The van der Waals surface area contributed by atoms with E-state index in [0.29, 0.717) is 12.6 Å². The fourth-order valence-electron chi connectivity index (χ4n) is 3.04. The molecule has 0 spiro atoms. The number of piperidine rings is 1. The molecule has 2 heterocycles. The number of nitrogens with zero attached hydrogens (tertiary/aromatic N) is 3. The first-order chi connectivity index (χ1) is 11.2. The van der Waals surface area contributed by atoms with Crippen molar-refractivity contribution in [1.29, 1.82) is 0 Å². The first kappa shape index (κ1) is 15.7. The molecule has 0 saturated carbocycles. The van der Waals surface area contributed by atoms with E-state index >= 15 is 0 Å². The van der Waals surface area contributed by atoms with Gasteiger partial charge < -0.3 is 15.0 Å². The minimum absolute atomic E-state index is 0.437. The number of methoxy groups -OCH3 is 1. The Labute approximate surface area is 137 Å². The Kier molecular flexibility index (Phi) is 5.08. The summed E-state index contributed by atoms with van der Waals surface area (Å²) in [5.41, 5.74) is 2.17. The molecule has 1 atom stereocenters. The zero-order valence-electron chi connectivity index (χ0n) is 13.8. The molecule has 2 aromatic rings. The molecule has 3 rings (SSSR count). The van der Waals surface area contributed by atoms with Crippen LogP contribution in [0.1, 0.15) is 24.4 Å². The zero-order chi connectivity index (χ0) is 16.1. The number of nitrogens with one attached hydrogen (secondary N) is 1. The maximum atomic E-state index is 5.17. The van der Waals surface area contributed by atoms with Crippen molar-refractivity contribution >= 4 is 11.5 Å². The molecule has 1 aliphatic rings. The lowest BCUT2D eigenvalue weighted by Crippen LogP contribution is -2.42. The number of para-hydroxylation sites is 1. The van der Waals surface area contributed by atoms with Gasteiger partial charge in [0.25, 0.3) is 0 Å². The van der Waals surface area contributed by atoms with Crippen molar-refractivity contribution in [2.75, 3.05) is 30.4 Å². The molecule has 5 nitrogen and oxygen atoms in total. The molecule has 1 aromatic heterocycles. The molecule has 1 aromatic carbocycles. The summed E-state index contributed by atoms with van der Waals surface area (Å²) in [5.74, 6) is 1.75. The molecule has 122 valence electrons. The predicted octanol–water partition coefficient (Wildman–Crippen LogP) is 3.01. The third kappa shape index (κ3) is 4.20. The van der Waals surface area contributed by atoms with Gasteiger partial charge in [0.1, 0.15) is 12.4 Å². The van der Waals surface area contributed by atoms with E-state index < -0.39 is 0 Å². The fourth-order valence-corrected chi connectivity index (χ4v) is 3.04. The van der Waals surface area contributed by atoms with Crippen molar-refractivity contribution < 1.29 is 4.74 Å². The van der Waals surface area contributed by atoms with Gasteiger partial charge in [-0.2, -0.15) is 0 Å². The summed E-state index contributed by atoms with van der Waals surface area (Å²) < 4.78 is 5.17. The highest BCUT2D eigenvalue weighted by Gasteiger charge is 2.21. The van der Waals surface area contributed by atoms with E-state index in [1.54, 1.807) is 7.11 Å². The van der Waals surface area contributed by atoms with E-state index in [1.807, 2.05) is 13.0 Å². The van der Waals surface area contributed by atoms with Crippen LogP contribution in [-0.2, 0) is 11.3 Å². The van der Waals surface area contributed by atoms with E-state index in [4.69, 9.17) is 4.74 Å². The molecule has 5 heteroatoms. The molecule has 0 amide bonds. The van der Waals surface area contributed by atoms with E-state index in [1.165, 1.54) is 12.1 Å². The zero-order valence-corrected chi connectivity index (χ0v) is 13.8. The molecule has 0 aliphatic carbocycles. The van der Waals surface area contributed by atoms with Crippen molar-refractivity contribution in [3.05, 3.63) is 47.9 Å². The smallest absolute Gasteiger partial charge is 0.156 e. The van der Waals surface area contributed by atoms with Crippen LogP contribution in [0.15, 0.2) is 36.4 Å². The van der Waals surface area contributed by atoms with Gasteiger partial charge in [0.05, 0.1) is 0 Å². The van der Waals surface area contributed by atoms with E-state index in [9.17, 15) is 0 Å². The predicted molar refractivity (Wildman–Crippen MR) is 92.8 cm³/mol. The summed E-state index contributed by atoms with van der Waals surface area (Å²) in [7, 11) is 1.67. The van der Waals surface area contributed by atoms with Gasteiger partial charge in [-0.25, -0.2) is 9.97 Å². The van der Waals surface area contributed by atoms with Gasteiger partial charge in [0.2, 0.25) is 0 Å². The summed E-state index contributed by atoms with van der Waals surface area (Å²) in [6.07, 6.45) is 2.34. The van der Waals surface area contributed by atoms with Gasteiger partial charge in [0.15, 0.2) is 5.82 Å². The van der Waals surface area contributed by atoms with Crippen LogP contribution in [0.25, 0.3) is 0 Å². The van der Waals surface area contributed by atoms with Crippen LogP contribution >= 0.6 is 0 Å². The first-order valence-corrected chi connectivity index (χ1v) is 8.14. The maximum Gasteiger partial charge on any atom is 0.156 e. The molecule has 1 fully saturated rings. The van der Waals surface area contributed by atoms with Crippen LogP contribution < -0.4 is 10.2 Å². The summed E-state index contributed by atoms with van der Waals surface area (Å²) in [6.45, 7) is 4.45. The lowest BCUT2D eigenvalue weighted by Gasteiger charge is -2.34. The Bertz CT molecular complexity index is 632. The molecule has 0 bridgehead atoms. The van der Waals surface area contributed by atoms with E-state index in [-0.39, 0.29) is 0 Å². The third-order valence-electron chi connectivity index (χ3n) is 4.05. The number of hydrogen-bond acceptors (Lipinski definition) is 5. The van der Waals surface area contributed by atoms with Crippen LogP contribution in [0.2, 0.25) is 0 Å². The molecule has 0 radical (unpaired) electrons. The molecular weight excluding hydrogens is 288 g/mol. The second kappa shape index (κ2) is 7.42. The normalized spacial score (nSPS) is 18.0. The largest absolute Gasteiger partial charge is 0.381 e. The number of rotatable bonds is 5. The average molecular weight is 312 g/mol. The maximum absolute atomic E-state index is 5.17. The van der Waals surface area contributed by atoms with Crippen molar-refractivity contribution in [3.63, 3.8) is 0 Å². The topological polar surface area (TPSA) is 50.3 Å². The second-order valence-electron chi connectivity index (χ2n) is 6.01. The quantitative estimate of drug-likeness (QED) is 0.920. The highest BCUT2D eigenvalue weighted by molar-refractivity contribution is 5.46. The summed E-state index contributed by atoms with van der Waals surface area (Å²) in [5, 5.41) is 3.63. The number of hydrogen-bond donors (Lipinski definition) is 1. The Morgan fingerprint density at radius 1 is 1.26 bits per heavy atom. The first-order valence-electron chi connectivity index (χ1n) is 8.14. The Morgan fingerprint density at radius 3 is 2.87 bits per heavy atom.